The molecular weight excluding hydrogens is 242 g/mol. The fourth-order valence-electron chi connectivity index (χ4n) is 2.31. The average molecular weight is 261 g/mol. The second-order valence-electron chi connectivity index (χ2n) is 4.69. The normalized spacial score (nSPS) is 15.3. The van der Waals surface area contributed by atoms with Gasteiger partial charge in [-0.3, -0.25) is 9.59 Å². The second kappa shape index (κ2) is 5.73. The van der Waals surface area contributed by atoms with Gasteiger partial charge in [0.1, 0.15) is 0 Å². The van der Waals surface area contributed by atoms with Gasteiger partial charge in [-0.1, -0.05) is 12.1 Å². The maximum Gasteiger partial charge on any atom is 0.221 e. The van der Waals surface area contributed by atoms with Gasteiger partial charge in [-0.15, -0.1) is 0 Å². The van der Waals surface area contributed by atoms with E-state index in [-0.39, 0.29) is 11.8 Å². The molecule has 0 saturated carbocycles. The van der Waals surface area contributed by atoms with Crippen LogP contribution in [-0.2, 0) is 9.59 Å². The quantitative estimate of drug-likeness (QED) is 0.873. The van der Waals surface area contributed by atoms with Gasteiger partial charge in [0.05, 0.1) is 11.4 Å². The van der Waals surface area contributed by atoms with Crippen molar-refractivity contribution in [1.29, 1.82) is 0 Å². The third kappa shape index (κ3) is 3.24. The summed E-state index contributed by atoms with van der Waals surface area (Å²) >= 11 is 0. The molecule has 5 heteroatoms. The molecule has 5 nitrogen and oxygen atoms in total. The molecule has 0 aromatic heterocycles. The number of benzene rings is 1. The van der Waals surface area contributed by atoms with Crippen molar-refractivity contribution in [2.75, 3.05) is 36.4 Å². The van der Waals surface area contributed by atoms with Crippen LogP contribution in [-0.4, -0.2) is 42.9 Å². The maximum atomic E-state index is 11.3. The van der Waals surface area contributed by atoms with Crippen LogP contribution in [0.2, 0.25) is 0 Å². The molecule has 19 heavy (non-hydrogen) atoms. The molecule has 1 aromatic carbocycles. The number of anilines is 2. The molecule has 1 aliphatic heterocycles. The molecule has 2 rings (SSSR count). The Labute approximate surface area is 113 Å². The van der Waals surface area contributed by atoms with Crippen LogP contribution in [0.4, 0.5) is 11.4 Å². The van der Waals surface area contributed by atoms with Gasteiger partial charge in [-0.05, 0) is 12.1 Å². The van der Waals surface area contributed by atoms with Crippen molar-refractivity contribution in [3.05, 3.63) is 24.3 Å². The van der Waals surface area contributed by atoms with E-state index < -0.39 is 0 Å². The smallest absolute Gasteiger partial charge is 0.221 e. The average Bonchev–Trinajstić information content (AvgIpc) is 2.39. The van der Waals surface area contributed by atoms with E-state index in [2.05, 4.69) is 10.2 Å². The van der Waals surface area contributed by atoms with Gasteiger partial charge in [-0.2, -0.15) is 0 Å². The predicted molar refractivity (Wildman–Crippen MR) is 75.2 cm³/mol. The number of para-hydroxylation sites is 2. The van der Waals surface area contributed by atoms with E-state index in [1.165, 1.54) is 6.92 Å². The number of carbonyl (C=O) groups is 2. The summed E-state index contributed by atoms with van der Waals surface area (Å²) < 4.78 is 0. The lowest BCUT2D eigenvalue weighted by Crippen LogP contribution is -2.48. The van der Waals surface area contributed by atoms with E-state index >= 15 is 0 Å². The maximum absolute atomic E-state index is 11.3. The molecule has 2 amide bonds. The number of carbonyl (C=O) groups excluding carboxylic acids is 2. The summed E-state index contributed by atoms with van der Waals surface area (Å²) in [5.41, 5.74) is 1.84. The number of piperazine rings is 1. The van der Waals surface area contributed by atoms with Crippen molar-refractivity contribution in [3.63, 3.8) is 0 Å². The van der Waals surface area contributed by atoms with E-state index in [1.807, 2.05) is 29.2 Å². The second-order valence-corrected chi connectivity index (χ2v) is 4.69. The van der Waals surface area contributed by atoms with Gasteiger partial charge < -0.3 is 15.1 Å². The van der Waals surface area contributed by atoms with Crippen LogP contribution in [0.25, 0.3) is 0 Å². The Kier molecular flexibility index (Phi) is 4.04. The van der Waals surface area contributed by atoms with Gasteiger partial charge in [0.2, 0.25) is 11.8 Å². The monoisotopic (exact) mass is 261 g/mol. The third-order valence-electron chi connectivity index (χ3n) is 3.28. The summed E-state index contributed by atoms with van der Waals surface area (Å²) in [6, 6.07) is 7.75. The summed E-state index contributed by atoms with van der Waals surface area (Å²) in [5.74, 6) is 0.0459. The first kappa shape index (κ1) is 13.4. The van der Waals surface area contributed by atoms with Crippen molar-refractivity contribution < 1.29 is 9.59 Å². The highest BCUT2D eigenvalue weighted by Crippen LogP contribution is 2.26. The Morgan fingerprint density at radius 2 is 1.68 bits per heavy atom. The molecule has 0 atom stereocenters. The van der Waals surface area contributed by atoms with Crippen LogP contribution in [0.3, 0.4) is 0 Å². The van der Waals surface area contributed by atoms with E-state index in [0.717, 1.165) is 37.6 Å². The van der Waals surface area contributed by atoms with Crippen molar-refractivity contribution in [2.24, 2.45) is 0 Å². The molecule has 0 unspecified atom stereocenters. The molecular formula is C14H19N3O2. The minimum Gasteiger partial charge on any atom is -0.366 e. The molecule has 1 fully saturated rings. The van der Waals surface area contributed by atoms with Gasteiger partial charge in [0, 0.05) is 40.0 Å². The Morgan fingerprint density at radius 1 is 1.05 bits per heavy atom. The largest absolute Gasteiger partial charge is 0.366 e. The zero-order valence-corrected chi connectivity index (χ0v) is 11.3. The fourth-order valence-corrected chi connectivity index (χ4v) is 2.31. The van der Waals surface area contributed by atoms with Gasteiger partial charge >= 0.3 is 0 Å². The molecule has 1 N–H and O–H groups in total. The van der Waals surface area contributed by atoms with Crippen LogP contribution in [0.15, 0.2) is 24.3 Å². The Bertz CT molecular complexity index is 479. The molecule has 1 aromatic rings. The molecule has 0 aliphatic carbocycles. The van der Waals surface area contributed by atoms with Gasteiger partial charge in [0.25, 0.3) is 0 Å². The van der Waals surface area contributed by atoms with Gasteiger partial charge in [-0.25, -0.2) is 0 Å². The molecule has 1 aliphatic rings. The predicted octanol–water partition coefficient (Wildman–Crippen LogP) is 1.31. The van der Waals surface area contributed by atoms with E-state index in [4.69, 9.17) is 0 Å². The number of hydrogen-bond donors (Lipinski definition) is 1. The fraction of sp³-hybridized carbons (Fsp3) is 0.429. The molecule has 1 saturated heterocycles. The van der Waals surface area contributed by atoms with Crippen LogP contribution >= 0.6 is 0 Å². The summed E-state index contributed by atoms with van der Waals surface area (Å²) in [7, 11) is 0. The number of rotatable bonds is 2. The topological polar surface area (TPSA) is 52.7 Å². The van der Waals surface area contributed by atoms with Crippen molar-refractivity contribution in [1.82, 2.24) is 4.90 Å². The minimum absolute atomic E-state index is 0.0742. The zero-order chi connectivity index (χ0) is 13.8. The molecule has 0 bridgehead atoms. The number of nitrogens with one attached hydrogen (secondary N) is 1. The summed E-state index contributed by atoms with van der Waals surface area (Å²) in [5, 5.41) is 2.84. The van der Waals surface area contributed by atoms with E-state index in [0.29, 0.717) is 0 Å². The SMILES string of the molecule is CC(=O)Nc1ccccc1N1CCN(C(C)=O)CC1. The Balaban J connectivity index is 2.11. The van der Waals surface area contributed by atoms with Crippen LogP contribution in [0.5, 0.6) is 0 Å². The minimum atomic E-state index is -0.0742. The standard InChI is InChI=1S/C14H19N3O2/c1-11(18)15-13-5-3-4-6-14(13)17-9-7-16(8-10-17)12(2)19/h3-6H,7-10H2,1-2H3,(H,15,18). The molecule has 1 heterocycles. The highest BCUT2D eigenvalue weighted by atomic mass is 16.2. The van der Waals surface area contributed by atoms with E-state index in [9.17, 15) is 9.59 Å². The van der Waals surface area contributed by atoms with Crippen LogP contribution in [0.1, 0.15) is 13.8 Å². The Morgan fingerprint density at radius 3 is 2.26 bits per heavy atom. The number of hydrogen-bond acceptors (Lipinski definition) is 3. The highest BCUT2D eigenvalue weighted by molar-refractivity contribution is 5.92. The summed E-state index contributed by atoms with van der Waals surface area (Å²) in [6.45, 7) is 6.13. The first-order valence-electron chi connectivity index (χ1n) is 6.45. The zero-order valence-electron chi connectivity index (χ0n) is 11.3. The lowest BCUT2D eigenvalue weighted by molar-refractivity contribution is -0.129. The van der Waals surface area contributed by atoms with Gasteiger partial charge in [0.15, 0.2) is 0 Å². The number of nitrogens with zero attached hydrogens (tertiary/aromatic N) is 2. The van der Waals surface area contributed by atoms with Crippen molar-refractivity contribution >= 4 is 23.2 Å². The summed E-state index contributed by atoms with van der Waals surface area (Å²) in [4.78, 5) is 26.6. The molecule has 102 valence electrons. The van der Waals surface area contributed by atoms with Crippen LogP contribution < -0.4 is 10.2 Å². The van der Waals surface area contributed by atoms with Crippen LogP contribution in [0, 0.1) is 0 Å². The molecule has 0 spiro atoms. The Hall–Kier alpha value is -2.04. The lowest BCUT2D eigenvalue weighted by Gasteiger charge is -2.36. The van der Waals surface area contributed by atoms with E-state index in [1.54, 1.807) is 6.92 Å². The van der Waals surface area contributed by atoms with Crippen molar-refractivity contribution in [2.45, 2.75) is 13.8 Å². The number of amides is 2. The summed E-state index contributed by atoms with van der Waals surface area (Å²) in [6.07, 6.45) is 0. The lowest BCUT2D eigenvalue weighted by atomic mass is 10.2. The molecule has 0 radical (unpaired) electrons. The first-order valence-corrected chi connectivity index (χ1v) is 6.45. The third-order valence-corrected chi connectivity index (χ3v) is 3.28. The van der Waals surface area contributed by atoms with Crippen molar-refractivity contribution in [3.8, 4) is 0 Å². The highest BCUT2D eigenvalue weighted by Gasteiger charge is 2.20. The first-order chi connectivity index (χ1) is 9.08.